The molecule has 0 amide bonds. The number of aliphatic hydroxyl groups excluding tert-OH is 1. The number of carbonyl (C=O) groups is 1. The average molecular weight is 268 g/mol. The Hall–Kier alpha value is -0.420. The van der Waals surface area contributed by atoms with E-state index in [-0.39, 0.29) is 6.16 Å². The highest BCUT2D eigenvalue weighted by atomic mass is 31.2. The van der Waals surface area contributed by atoms with Crippen molar-refractivity contribution in [3.63, 3.8) is 0 Å². The lowest BCUT2D eigenvalue weighted by molar-refractivity contribution is -0.151. The molecule has 0 rings (SSSR count). The minimum Gasteiger partial charge on any atom is -0.461 e. The highest BCUT2D eigenvalue weighted by Gasteiger charge is 2.24. The molecule has 0 aliphatic rings. The van der Waals surface area contributed by atoms with Gasteiger partial charge < -0.3 is 18.9 Å². The minimum absolute atomic E-state index is 0.189. The van der Waals surface area contributed by atoms with Crippen LogP contribution in [-0.2, 0) is 23.1 Å². The Morgan fingerprint density at radius 3 is 2.24 bits per heavy atom. The topological polar surface area (TPSA) is 82.1 Å². The lowest BCUT2D eigenvalue weighted by atomic mass is 10.3. The molecule has 0 aliphatic heterocycles. The fourth-order valence-electron chi connectivity index (χ4n) is 1.22. The van der Waals surface area contributed by atoms with E-state index in [0.29, 0.717) is 19.6 Å². The van der Waals surface area contributed by atoms with E-state index < -0.39 is 26.3 Å². The number of aliphatic hydroxyl groups is 1. The summed E-state index contributed by atoms with van der Waals surface area (Å²) in [5.41, 5.74) is 0. The van der Waals surface area contributed by atoms with Crippen LogP contribution in [0.2, 0.25) is 0 Å². The molecule has 1 N–H and O–H groups in total. The standard InChI is InChI=1S/C10H21O6P/c1-4-14-17(13,15-5-2)7-6-9(3)16-10(12)8-11/h9,11H,4-8H2,1-3H3. The Kier molecular flexibility index (Phi) is 8.43. The predicted octanol–water partition coefficient (Wildman–Crippen LogP) is 1.57. The molecular formula is C10H21O6P. The molecule has 0 aliphatic carbocycles. The first-order valence-corrected chi connectivity index (χ1v) is 7.38. The quantitative estimate of drug-likeness (QED) is 0.505. The third-order valence-corrected chi connectivity index (χ3v) is 4.03. The molecule has 0 aromatic rings. The summed E-state index contributed by atoms with van der Waals surface area (Å²) in [5, 5.41) is 8.50. The number of esters is 1. The molecule has 0 bridgehead atoms. The van der Waals surface area contributed by atoms with E-state index >= 15 is 0 Å². The highest BCUT2D eigenvalue weighted by molar-refractivity contribution is 7.53. The second-order valence-electron chi connectivity index (χ2n) is 3.42. The molecule has 102 valence electrons. The largest absolute Gasteiger partial charge is 0.461 e. The molecule has 6 nitrogen and oxygen atoms in total. The summed E-state index contributed by atoms with van der Waals surface area (Å²) in [6, 6.07) is 0. The van der Waals surface area contributed by atoms with Crippen molar-refractivity contribution in [2.75, 3.05) is 26.0 Å². The molecule has 1 unspecified atom stereocenters. The Morgan fingerprint density at radius 1 is 1.29 bits per heavy atom. The Balaban J connectivity index is 4.12. The Bertz CT molecular complexity index is 258. The molecule has 0 aromatic heterocycles. The summed E-state index contributed by atoms with van der Waals surface area (Å²) >= 11 is 0. The van der Waals surface area contributed by atoms with Crippen LogP contribution in [0, 0.1) is 0 Å². The second kappa shape index (κ2) is 8.64. The van der Waals surface area contributed by atoms with Gasteiger partial charge in [0, 0.05) is 0 Å². The van der Waals surface area contributed by atoms with Crippen molar-refractivity contribution in [3.8, 4) is 0 Å². The SMILES string of the molecule is CCOP(=O)(CCC(C)OC(=O)CO)OCC. The molecule has 0 saturated carbocycles. The van der Waals surface area contributed by atoms with Crippen LogP contribution >= 0.6 is 7.60 Å². The normalized spacial score (nSPS) is 13.4. The number of carbonyl (C=O) groups excluding carboxylic acids is 1. The number of hydrogen-bond donors (Lipinski definition) is 1. The van der Waals surface area contributed by atoms with E-state index in [1.165, 1.54) is 0 Å². The summed E-state index contributed by atoms with van der Waals surface area (Å²) in [6.07, 6.45) is 0.126. The van der Waals surface area contributed by atoms with Gasteiger partial charge in [-0.3, -0.25) is 4.57 Å². The zero-order valence-electron chi connectivity index (χ0n) is 10.5. The van der Waals surface area contributed by atoms with Crippen LogP contribution < -0.4 is 0 Å². The summed E-state index contributed by atoms with van der Waals surface area (Å²) in [7, 11) is -3.08. The molecule has 1 atom stereocenters. The molecule has 0 aromatic carbocycles. The van der Waals surface area contributed by atoms with Gasteiger partial charge in [0.2, 0.25) is 0 Å². The van der Waals surface area contributed by atoms with Gasteiger partial charge in [-0.25, -0.2) is 4.79 Å². The first-order chi connectivity index (χ1) is 7.97. The molecule has 0 spiro atoms. The Morgan fingerprint density at radius 2 is 1.82 bits per heavy atom. The van der Waals surface area contributed by atoms with Crippen LogP contribution in [0.3, 0.4) is 0 Å². The van der Waals surface area contributed by atoms with Crippen LogP contribution in [-0.4, -0.2) is 43.2 Å². The number of hydrogen-bond acceptors (Lipinski definition) is 6. The maximum absolute atomic E-state index is 12.0. The monoisotopic (exact) mass is 268 g/mol. The molecule has 0 saturated heterocycles. The van der Waals surface area contributed by atoms with Gasteiger partial charge in [0.1, 0.15) is 6.61 Å². The van der Waals surface area contributed by atoms with E-state index in [9.17, 15) is 9.36 Å². The second-order valence-corrected chi connectivity index (χ2v) is 5.60. The van der Waals surface area contributed by atoms with Crippen LogP contribution in [0.1, 0.15) is 27.2 Å². The highest BCUT2D eigenvalue weighted by Crippen LogP contribution is 2.48. The third-order valence-electron chi connectivity index (χ3n) is 1.92. The fourth-order valence-corrected chi connectivity index (χ4v) is 3.02. The lowest BCUT2D eigenvalue weighted by Gasteiger charge is -2.19. The zero-order chi connectivity index (χ0) is 13.3. The van der Waals surface area contributed by atoms with Crippen molar-refractivity contribution in [3.05, 3.63) is 0 Å². The average Bonchev–Trinajstić information content (AvgIpc) is 2.27. The lowest BCUT2D eigenvalue weighted by Crippen LogP contribution is -2.19. The van der Waals surface area contributed by atoms with Crippen molar-refractivity contribution in [2.45, 2.75) is 33.3 Å². The van der Waals surface area contributed by atoms with E-state index in [1.54, 1.807) is 20.8 Å². The minimum atomic E-state index is -3.08. The van der Waals surface area contributed by atoms with Gasteiger partial charge in [-0.15, -0.1) is 0 Å². The summed E-state index contributed by atoms with van der Waals surface area (Å²) in [4.78, 5) is 10.8. The van der Waals surface area contributed by atoms with Crippen LogP contribution in [0.15, 0.2) is 0 Å². The van der Waals surface area contributed by atoms with Crippen molar-refractivity contribution >= 4 is 13.6 Å². The van der Waals surface area contributed by atoms with Crippen LogP contribution in [0.4, 0.5) is 0 Å². The van der Waals surface area contributed by atoms with E-state index in [2.05, 4.69) is 0 Å². The van der Waals surface area contributed by atoms with Crippen molar-refractivity contribution in [1.29, 1.82) is 0 Å². The Labute approximate surface area is 102 Å². The zero-order valence-corrected chi connectivity index (χ0v) is 11.4. The smallest absolute Gasteiger partial charge is 0.332 e. The summed E-state index contributed by atoms with van der Waals surface area (Å²) in [5.74, 6) is -0.694. The summed E-state index contributed by atoms with van der Waals surface area (Å²) < 4.78 is 27.1. The van der Waals surface area contributed by atoms with Crippen LogP contribution in [0.25, 0.3) is 0 Å². The van der Waals surface area contributed by atoms with Gasteiger partial charge in [-0.05, 0) is 27.2 Å². The first-order valence-electron chi connectivity index (χ1n) is 5.65. The van der Waals surface area contributed by atoms with E-state index in [4.69, 9.17) is 18.9 Å². The van der Waals surface area contributed by atoms with Gasteiger partial charge in [0.05, 0.1) is 25.5 Å². The van der Waals surface area contributed by atoms with Crippen LogP contribution in [0.5, 0.6) is 0 Å². The molecule has 0 fully saturated rings. The fraction of sp³-hybridized carbons (Fsp3) is 0.900. The molecule has 0 radical (unpaired) electrons. The van der Waals surface area contributed by atoms with Gasteiger partial charge in [0.15, 0.2) is 0 Å². The summed E-state index contributed by atoms with van der Waals surface area (Å²) in [6.45, 7) is 5.10. The first kappa shape index (κ1) is 16.6. The third kappa shape index (κ3) is 7.49. The molecule has 17 heavy (non-hydrogen) atoms. The van der Waals surface area contributed by atoms with Crippen molar-refractivity contribution < 1.29 is 28.3 Å². The van der Waals surface area contributed by atoms with Crippen molar-refractivity contribution in [1.82, 2.24) is 0 Å². The molecule has 0 heterocycles. The van der Waals surface area contributed by atoms with E-state index in [0.717, 1.165) is 0 Å². The number of rotatable bonds is 9. The van der Waals surface area contributed by atoms with Gasteiger partial charge >= 0.3 is 13.6 Å². The molecular weight excluding hydrogens is 247 g/mol. The van der Waals surface area contributed by atoms with Gasteiger partial charge in [-0.1, -0.05) is 0 Å². The van der Waals surface area contributed by atoms with Gasteiger partial charge in [0.25, 0.3) is 0 Å². The van der Waals surface area contributed by atoms with E-state index in [1.807, 2.05) is 0 Å². The molecule has 7 heteroatoms. The van der Waals surface area contributed by atoms with Gasteiger partial charge in [-0.2, -0.15) is 0 Å². The predicted molar refractivity (Wildman–Crippen MR) is 63.0 cm³/mol. The van der Waals surface area contributed by atoms with Crippen molar-refractivity contribution in [2.24, 2.45) is 0 Å². The number of ether oxygens (including phenoxy) is 1. The maximum atomic E-state index is 12.0. The maximum Gasteiger partial charge on any atom is 0.332 e.